The minimum atomic E-state index is -1.04. The molecule has 0 saturated carbocycles. The van der Waals surface area contributed by atoms with Gasteiger partial charge >= 0.3 is 0 Å². The Bertz CT molecular complexity index is 636. The summed E-state index contributed by atoms with van der Waals surface area (Å²) in [5, 5.41) is 13.7. The number of hydrogen-bond donors (Lipinski definition) is 3. The highest BCUT2D eigenvalue weighted by molar-refractivity contribution is 14.0. The van der Waals surface area contributed by atoms with Gasteiger partial charge in [-0.3, -0.25) is 0 Å². The number of hydrogen-bond acceptors (Lipinski definition) is 3. The first-order valence-electron chi connectivity index (χ1n) is 7.00. The molecule has 23 heavy (non-hydrogen) atoms. The van der Waals surface area contributed by atoms with Gasteiger partial charge in [0.25, 0.3) is 0 Å². The van der Waals surface area contributed by atoms with Gasteiger partial charge in [0.2, 0.25) is 0 Å². The van der Waals surface area contributed by atoms with Gasteiger partial charge in [-0.1, -0.05) is 41.1 Å². The molecule has 7 heteroatoms. The number of benzene rings is 1. The second kappa shape index (κ2) is 9.19. The molecule has 5 nitrogen and oxygen atoms in total. The van der Waals surface area contributed by atoms with Gasteiger partial charge in [0.1, 0.15) is 11.4 Å². The molecule has 1 unspecified atom stereocenters. The fourth-order valence-corrected chi connectivity index (χ4v) is 2.26. The maximum Gasteiger partial charge on any atom is 0.194 e. The van der Waals surface area contributed by atoms with Gasteiger partial charge in [0.05, 0.1) is 6.54 Å². The molecule has 4 N–H and O–H groups in total. The molecule has 0 fully saturated rings. The highest BCUT2D eigenvalue weighted by atomic mass is 127. The van der Waals surface area contributed by atoms with E-state index in [4.69, 9.17) is 5.73 Å². The first-order valence-corrected chi connectivity index (χ1v) is 7.79. The number of rotatable bonds is 5. The Labute approximate surface area is 161 Å². The lowest BCUT2D eigenvalue weighted by atomic mass is 9.91. The maximum atomic E-state index is 10.8. The number of halogens is 2. The van der Waals surface area contributed by atoms with Crippen molar-refractivity contribution in [2.24, 2.45) is 10.7 Å². The summed E-state index contributed by atoms with van der Waals surface area (Å²) in [6.45, 7) is 2.09. The molecule has 0 aliphatic rings. The summed E-state index contributed by atoms with van der Waals surface area (Å²) in [4.78, 5) is 8.35. The van der Waals surface area contributed by atoms with Crippen LogP contribution in [0.25, 0.3) is 0 Å². The SMILES string of the molecule is CCC(O)(CN=C(N)Nc1ccccn1)c1ccc(Br)cc1.I. The van der Waals surface area contributed by atoms with E-state index >= 15 is 0 Å². The van der Waals surface area contributed by atoms with Crippen molar-refractivity contribution in [2.75, 3.05) is 11.9 Å². The molecule has 0 amide bonds. The lowest BCUT2D eigenvalue weighted by molar-refractivity contribution is 0.0424. The first-order chi connectivity index (χ1) is 10.5. The number of nitrogens with zero attached hydrogens (tertiary/aromatic N) is 2. The van der Waals surface area contributed by atoms with Gasteiger partial charge in [-0.05, 0) is 36.2 Å². The Morgan fingerprint density at radius 3 is 2.57 bits per heavy atom. The van der Waals surface area contributed by atoms with Crippen LogP contribution in [0.15, 0.2) is 58.1 Å². The molecule has 1 heterocycles. The number of nitrogens with two attached hydrogens (primary N) is 1. The molecule has 0 aliphatic heterocycles. The van der Waals surface area contributed by atoms with Crippen molar-refractivity contribution >= 4 is 51.7 Å². The normalized spacial score (nSPS) is 13.8. The third kappa shape index (κ3) is 5.74. The lowest BCUT2D eigenvalue weighted by Gasteiger charge is -2.25. The topological polar surface area (TPSA) is 83.5 Å². The Hall–Kier alpha value is -1.19. The van der Waals surface area contributed by atoms with Crippen molar-refractivity contribution in [3.8, 4) is 0 Å². The average molecular weight is 491 g/mol. The molecule has 0 aliphatic carbocycles. The molecular weight excluding hydrogens is 471 g/mol. The van der Waals surface area contributed by atoms with Gasteiger partial charge in [-0.15, -0.1) is 24.0 Å². The third-order valence-electron chi connectivity index (χ3n) is 3.40. The van der Waals surface area contributed by atoms with E-state index in [0.29, 0.717) is 12.2 Å². The standard InChI is InChI=1S/C16H19BrN4O.HI/c1-2-16(22,12-6-8-13(17)9-7-12)11-20-15(18)21-14-5-3-4-10-19-14;/h3-10,22H,2,11H2,1H3,(H3,18,19,20,21);1H. The largest absolute Gasteiger partial charge is 0.383 e. The van der Waals surface area contributed by atoms with Crippen molar-refractivity contribution in [3.63, 3.8) is 0 Å². The van der Waals surface area contributed by atoms with Crippen molar-refractivity contribution in [3.05, 3.63) is 58.7 Å². The van der Waals surface area contributed by atoms with Crippen LogP contribution in [-0.2, 0) is 5.60 Å². The van der Waals surface area contributed by atoms with Crippen LogP contribution in [0.1, 0.15) is 18.9 Å². The number of guanidine groups is 1. The molecular formula is C16H20BrIN4O. The predicted molar refractivity (Wildman–Crippen MR) is 108 cm³/mol. The quantitative estimate of drug-likeness (QED) is 0.340. The van der Waals surface area contributed by atoms with E-state index in [-0.39, 0.29) is 36.5 Å². The average Bonchev–Trinajstić information content (AvgIpc) is 2.54. The van der Waals surface area contributed by atoms with Crippen LogP contribution in [0.3, 0.4) is 0 Å². The number of aliphatic hydroxyl groups is 1. The summed E-state index contributed by atoms with van der Waals surface area (Å²) in [5.41, 5.74) is 5.62. The van der Waals surface area contributed by atoms with Gasteiger partial charge in [0.15, 0.2) is 5.96 Å². The fourth-order valence-electron chi connectivity index (χ4n) is 1.99. The van der Waals surface area contributed by atoms with Crippen LogP contribution in [0.5, 0.6) is 0 Å². The predicted octanol–water partition coefficient (Wildman–Crippen LogP) is 3.49. The van der Waals surface area contributed by atoms with E-state index in [1.54, 1.807) is 12.3 Å². The van der Waals surface area contributed by atoms with Crippen molar-refractivity contribution < 1.29 is 5.11 Å². The highest BCUT2D eigenvalue weighted by Gasteiger charge is 2.26. The van der Waals surface area contributed by atoms with Crippen LogP contribution in [0.2, 0.25) is 0 Å². The molecule has 2 aromatic rings. The maximum absolute atomic E-state index is 10.8. The molecule has 0 radical (unpaired) electrons. The summed E-state index contributed by atoms with van der Waals surface area (Å²) < 4.78 is 0.967. The highest BCUT2D eigenvalue weighted by Crippen LogP contribution is 2.26. The minimum absolute atomic E-state index is 0. The smallest absolute Gasteiger partial charge is 0.194 e. The molecule has 124 valence electrons. The monoisotopic (exact) mass is 490 g/mol. The Morgan fingerprint density at radius 1 is 1.30 bits per heavy atom. The second-order valence-corrected chi connectivity index (χ2v) is 5.85. The van der Waals surface area contributed by atoms with E-state index in [0.717, 1.165) is 10.0 Å². The molecule has 0 spiro atoms. The zero-order valence-electron chi connectivity index (χ0n) is 12.7. The summed E-state index contributed by atoms with van der Waals surface area (Å²) in [7, 11) is 0. The zero-order valence-corrected chi connectivity index (χ0v) is 16.7. The van der Waals surface area contributed by atoms with Crippen molar-refractivity contribution in [1.29, 1.82) is 0 Å². The fraction of sp³-hybridized carbons (Fsp3) is 0.250. The molecule has 1 aromatic heterocycles. The molecule has 0 saturated heterocycles. The molecule has 1 aromatic carbocycles. The minimum Gasteiger partial charge on any atom is -0.383 e. The lowest BCUT2D eigenvalue weighted by Crippen LogP contribution is -2.31. The van der Waals surface area contributed by atoms with Crippen LogP contribution < -0.4 is 11.1 Å². The molecule has 2 rings (SSSR count). The number of anilines is 1. The van der Waals surface area contributed by atoms with Crippen LogP contribution in [0.4, 0.5) is 5.82 Å². The van der Waals surface area contributed by atoms with Gasteiger partial charge in [0, 0.05) is 10.7 Å². The van der Waals surface area contributed by atoms with Crippen LogP contribution in [0, 0.1) is 0 Å². The number of pyridine rings is 1. The second-order valence-electron chi connectivity index (χ2n) is 4.93. The van der Waals surface area contributed by atoms with Crippen LogP contribution >= 0.6 is 39.9 Å². The number of aromatic nitrogens is 1. The van der Waals surface area contributed by atoms with E-state index in [2.05, 4.69) is 31.2 Å². The summed E-state index contributed by atoms with van der Waals surface area (Å²) in [6.07, 6.45) is 2.20. The number of nitrogens with one attached hydrogen (secondary N) is 1. The summed E-state index contributed by atoms with van der Waals surface area (Å²) >= 11 is 3.39. The summed E-state index contributed by atoms with van der Waals surface area (Å²) in [5.74, 6) is 0.843. The van der Waals surface area contributed by atoms with Gasteiger partial charge in [-0.25, -0.2) is 9.98 Å². The Morgan fingerprint density at radius 2 is 2.00 bits per heavy atom. The van der Waals surface area contributed by atoms with Crippen LogP contribution in [-0.4, -0.2) is 22.6 Å². The zero-order chi connectivity index (χ0) is 16.0. The number of aliphatic imine (C=N–C) groups is 1. The van der Waals surface area contributed by atoms with E-state index in [1.807, 2.05) is 43.3 Å². The van der Waals surface area contributed by atoms with Gasteiger partial charge < -0.3 is 16.2 Å². The van der Waals surface area contributed by atoms with Crippen molar-refractivity contribution in [2.45, 2.75) is 18.9 Å². The molecule has 1 atom stereocenters. The van der Waals surface area contributed by atoms with E-state index in [1.165, 1.54) is 0 Å². The van der Waals surface area contributed by atoms with Gasteiger partial charge in [-0.2, -0.15) is 0 Å². The Balaban J connectivity index is 0.00000264. The summed E-state index contributed by atoms with van der Waals surface area (Å²) in [6, 6.07) is 13.0. The Kier molecular flexibility index (Phi) is 7.93. The van der Waals surface area contributed by atoms with Crippen molar-refractivity contribution in [1.82, 2.24) is 4.98 Å². The third-order valence-corrected chi connectivity index (χ3v) is 3.93. The van der Waals surface area contributed by atoms with E-state index in [9.17, 15) is 5.11 Å². The first kappa shape index (κ1) is 19.9. The van der Waals surface area contributed by atoms with E-state index < -0.39 is 5.60 Å². The molecule has 0 bridgehead atoms.